The van der Waals surface area contributed by atoms with Crippen molar-refractivity contribution in [1.82, 2.24) is 19.7 Å². The Bertz CT molecular complexity index is 392. The highest BCUT2D eigenvalue weighted by molar-refractivity contribution is 5.76. The van der Waals surface area contributed by atoms with Crippen molar-refractivity contribution in [2.75, 3.05) is 13.1 Å². The molecule has 0 radical (unpaired) electrons. The summed E-state index contributed by atoms with van der Waals surface area (Å²) in [7, 11) is 0. The van der Waals surface area contributed by atoms with E-state index in [2.05, 4.69) is 10.1 Å². The summed E-state index contributed by atoms with van der Waals surface area (Å²) in [6.07, 6.45) is 7.02. The van der Waals surface area contributed by atoms with Gasteiger partial charge >= 0.3 is 0 Å². The Kier molecular flexibility index (Phi) is 4.90. The summed E-state index contributed by atoms with van der Waals surface area (Å²) in [5.74, 6) is 0.665. The normalized spacial score (nSPS) is 22.6. The van der Waals surface area contributed by atoms with Gasteiger partial charge in [0.1, 0.15) is 12.7 Å². The Morgan fingerprint density at radius 1 is 1.53 bits per heavy atom. The third kappa shape index (κ3) is 3.32. The van der Waals surface area contributed by atoms with Gasteiger partial charge in [-0.25, -0.2) is 4.98 Å². The Morgan fingerprint density at radius 3 is 3.00 bits per heavy atom. The van der Waals surface area contributed by atoms with Crippen LogP contribution < -0.4 is 5.73 Å². The molecule has 0 bridgehead atoms. The predicted octanol–water partition coefficient (Wildman–Crippen LogP) is 0.644. The smallest absolute Gasteiger partial charge is 0.224 e. The molecule has 106 valence electrons. The monoisotopic (exact) mass is 265 g/mol. The van der Waals surface area contributed by atoms with Gasteiger partial charge in [-0.2, -0.15) is 5.10 Å². The molecule has 0 aliphatic heterocycles. The van der Waals surface area contributed by atoms with Gasteiger partial charge in [0.15, 0.2) is 0 Å². The molecule has 19 heavy (non-hydrogen) atoms. The predicted molar refractivity (Wildman–Crippen MR) is 72.2 cm³/mol. The number of rotatable bonds is 6. The molecule has 0 aromatic carbocycles. The standard InChI is InChI=1S/C13H23N5O/c1-2-18(12-5-3-4-11(12)8-14)13(19)6-7-17-10-15-9-16-17/h9-12H,2-8,14H2,1H3. The lowest BCUT2D eigenvalue weighted by Crippen LogP contribution is -2.44. The molecule has 2 atom stereocenters. The van der Waals surface area contributed by atoms with E-state index in [4.69, 9.17) is 5.73 Å². The number of carbonyl (C=O) groups is 1. The number of aromatic nitrogens is 3. The summed E-state index contributed by atoms with van der Waals surface area (Å²) >= 11 is 0. The molecule has 6 nitrogen and oxygen atoms in total. The van der Waals surface area contributed by atoms with Crippen LogP contribution in [0.5, 0.6) is 0 Å². The first-order valence-electron chi connectivity index (χ1n) is 7.08. The van der Waals surface area contributed by atoms with Crippen LogP contribution in [0, 0.1) is 5.92 Å². The molecule has 2 rings (SSSR count). The molecule has 6 heteroatoms. The van der Waals surface area contributed by atoms with E-state index in [0.29, 0.717) is 31.5 Å². The zero-order valence-electron chi connectivity index (χ0n) is 11.5. The van der Waals surface area contributed by atoms with Crippen LogP contribution >= 0.6 is 0 Å². The molecule has 1 aromatic rings. The maximum Gasteiger partial charge on any atom is 0.224 e. The first kappa shape index (κ1) is 14.0. The Hall–Kier alpha value is -1.43. The van der Waals surface area contributed by atoms with Gasteiger partial charge in [-0.3, -0.25) is 9.48 Å². The topological polar surface area (TPSA) is 77.0 Å². The lowest BCUT2D eigenvalue weighted by atomic mass is 10.0. The number of carbonyl (C=O) groups excluding carboxylic acids is 1. The molecule has 0 saturated heterocycles. The van der Waals surface area contributed by atoms with Crippen LogP contribution in [0.1, 0.15) is 32.6 Å². The summed E-state index contributed by atoms with van der Waals surface area (Å²) in [6, 6.07) is 0.332. The van der Waals surface area contributed by atoms with Crippen LogP contribution in [0.4, 0.5) is 0 Å². The van der Waals surface area contributed by atoms with Crippen LogP contribution in [-0.2, 0) is 11.3 Å². The maximum absolute atomic E-state index is 12.3. The molecule has 1 aliphatic carbocycles. The van der Waals surface area contributed by atoms with Gasteiger partial charge in [-0.15, -0.1) is 0 Å². The number of hydrogen-bond acceptors (Lipinski definition) is 4. The summed E-state index contributed by atoms with van der Waals surface area (Å²) < 4.78 is 1.70. The highest BCUT2D eigenvalue weighted by Gasteiger charge is 2.32. The first-order chi connectivity index (χ1) is 9.26. The molecular weight excluding hydrogens is 242 g/mol. The molecule has 1 aliphatic rings. The van der Waals surface area contributed by atoms with E-state index in [1.165, 1.54) is 12.7 Å². The average molecular weight is 265 g/mol. The van der Waals surface area contributed by atoms with Gasteiger partial charge in [0.2, 0.25) is 5.91 Å². The van der Waals surface area contributed by atoms with E-state index in [0.717, 1.165) is 19.4 Å². The average Bonchev–Trinajstić information content (AvgIpc) is 3.08. The van der Waals surface area contributed by atoms with Crippen molar-refractivity contribution in [3.63, 3.8) is 0 Å². The van der Waals surface area contributed by atoms with Crippen molar-refractivity contribution in [3.8, 4) is 0 Å². The fraction of sp³-hybridized carbons (Fsp3) is 0.769. The highest BCUT2D eigenvalue weighted by atomic mass is 16.2. The summed E-state index contributed by atoms with van der Waals surface area (Å²) in [4.78, 5) is 18.2. The highest BCUT2D eigenvalue weighted by Crippen LogP contribution is 2.29. The van der Waals surface area contributed by atoms with Crippen molar-refractivity contribution in [1.29, 1.82) is 0 Å². The molecular formula is C13H23N5O. The molecule has 2 N–H and O–H groups in total. The minimum Gasteiger partial charge on any atom is -0.340 e. The lowest BCUT2D eigenvalue weighted by molar-refractivity contribution is -0.134. The van der Waals surface area contributed by atoms with Gasteiger partial charge in [-0.05, 0) is 32.2 Å². The number of amides is 1. The second-order valence-corrected chi connectivity index (χ2v) is 5.08. The zero-order chi connectivity index (χ0) is 13.7. The Balaban J connectivity index is 1.91. The molecule has 2 unspecified atom stereocenters. The third-order valence-electron chi connectivity index (χ3n) is 4.00. The van der Waals surface area contributed by atoms with Crippen LogP contribution in [0.15, 0.2) is 12.7 Å². The van der Waals surface area contributed by atoms with Gasteiger partial charge < -0.3 is 10.6 Å². The number of aryl methyl sites for hydroxylation is 1. The second kappa shape index (κ2) is 6.65. The quantitative estimate of drug-likeness (QED) is 0.819. The van der Waals surface area contributed by atoms with Crippen molar-refractivity contribution >= 4 is 5.91 Å². The third-order valence-corrected chi connectivity index (χ3v) is 4.00. The SMILES string of the molecule is CCN(C(=O)CCn1cncn1)C1CCCC1CN. The molecule has 1 saturated carbocycles. The summed E-state index contributed by atoms with van der Waals surface area (Å²) in [5.41, 5.74) is 5.81. The van der Waals surface area contributed by atoms with E-state index in [-0.39, 0.29) is 5.91 Å². The maximum atomic E-state index is 12.3. The summed E-state index contributed by atoms with van der Waals surface area (Å²) in [6.45, 7) is 4.07. The fourth-order valence-electron chi connectivity index (χ4n) is 3.00. The van der Waals surface area contributed by atoms with E-state index < -0.39 is 0 Å². The van der Waals surface area contributed by atoms with Crippen molar-refractivity contribution < 1.29 is 4.79 Å². The molecule has 1 amide bonds. The fourth-order valence-corrected chi connectivity index (χ4v) is 3.00. The Labute approximate surface area is 114 Å². The van der Waals surface area contributed by atoms with Crippen LogP contribution in [0.2, 0.25) is 0 Å². The van der Waals surface area contributed by atoms with Crippen molar-refractivity contribution in [3.05, 3.63) is 12.7 Å². The summed E-state index contributed by atoms with van der Waals surface area (Å²) in [5, 5.41) is 4.02. The largest absolute Gasteiger partial charge is 0.340 e. The van der Waals surface area contributed by atoms with E-state index in [9.17, 15) is 4.79 Å². The van der Waals surface area contributed by atoms with Gasteiger partial charge in [0.05, 0.1) is 6.54 Å². The van der Waals surface area contributed by atoms with Gasteiger partial charge in [0, 0.05) is 19.0 Å². The molecule has 0 spiro atoms. The number of hydrogen-bond donors (Lipinski definition) is 1. The number of nitrogens with two attached hydrogens (primary N) is 1. The van der Waals surface area contributed by atoms with Crippen LogP contribution in [0.25, 0.3) is 0 Å². The second-order valence-electron chi connectivity index (χ2n) is 5.08. The molecule has 1 aromatic heterocycles. The van der Waals surface area contributed by atoms with Gasteiger partial charge in [-0.1, -0.05) is 6.42 Å². The Morgan fingerprint density at radius 2 is 2.37 bits per heavy atom. The minimum atomic E-state index is 0.198. The molecule has 1 fully saturated rings. The van der Waals surface area contributed by atoms with Crippen LogP contribution in [0.3, 0.4) is 0 Å². The van der Waals surface area contributed by atoms with E-state index in [1.54, 1.807) is 11.0 Å². The number of nitrogens with zero attached hydrogens (tertiary/aromatic N) is 4. The van der Waals surface area contributed by atoms with Crippen molar-refractivity contribution in [2.45, 2.75) is 45.2 Å². The van der Waals surface area contributed by atoms with Gasteiger partial charge in [0.25, 0.3) is 0 Å². The lowest BCUT2D eigenvalue weighted by Gasteiger charge is -2.32. The van der Waals surface area contributed by atoms with E-state index >= 15 is 0 Å². The molecule has 1 heterocycles. The zero-order valence-corrected chi connectivity index (χ0v) is 11.5. The minimum absolute atomic E-state index is 0.198. The first-order valence-corrected chi connectivity index (χ1v) is 7.08. The van der Waals surface area contributed by atoms with Crippen LogP contribution in [-0.4, -0.2) is 44.7 Å². The van der Waals surface area contributed by atoms with E-state index in [1.807, 2.05) is 11.8 Å². The van der Waals surface area contributed by atoms with Crippen molar-refractivity contribution in [2.24, 2.45) is 11.7 Å².